The first kappa shape index (κ1) is 35.8. The van der Waals surface area contributed by atoms with Gasteiger partial charge >= 0.3 is 0 Å². The number of hydrogen-bond donors (Lipinski definition) is 1. The van der Waals surface area contributed by atoms with Crippen LogP contribution in [0, 0.1) is 23.0 Å². The van der Waals surface area contributed by atoms with Crippen molar-refractivity contribution in [3.63, 3.8) is 0 Å². The second-order valence-electron chi connectivity index (χ2n) is 11.7. The minimum absolute atomic E-state index is 0.0692. The molecule has 0 bridgehead atoms. The van der Waals surface area contributed by atoms with Crippen molar-refractivity contribution in [1.82, 2.24) is 14.5 Å². The number of nitrogens with zero attached hydrogens (tertiary/aromatic N) is 3. The topological polar surface area (TPSA) is 81.2 Å². The van der Waals surface area contributed by atoms with Crippen molar-refractivity contribution in [3.05, 3.63) is 120 Å². The summed E-state index contributed by atoms with van der Waals surface area (Å²) in [7, 11) is 0.434. The molecule has 45 heavy (non-hydrogen) atoms. The Kier molecular flexibility index (Phi) is 13.2. The maximum atomic E-state index is 13.7. The number of aryl methyl sites for hydroxylation is 1. The van der Waals surface area contributed by atoms with Crippen LogP contribution in [0.1, 0.15) is 77.1 Å². The van der Waals surface area contributed by atoms with E-state index < -0.39 is 11.0 Å². The van der Waals surface area contributed by atoms with Crippen molar-refractivity contribution in [2.75, 3.05) is 0 Å². The van der Waals surface area contributed by atoms with Crippen molar-refractivity contribution in [2.24, 2.45) is 23.5 Å². The van der Waals surface area contributed by atoms with Gasteiger partial charge < -0.3 is 9.47 Å². The second-order valence-corrected chi connectivity index (χ2v) is 12.8. The van der Waals surface area contributed by atoms with E-state index in [1.807, 2.05) is 42.6 Å². The average Bonchev–Trinajstić information content (AvgIpc) is 3.73. The van der Waals surface area contributed by atoms with E-state index in [1.165, 1.54) is 61.2 Å². The lowest BCUT2D eigenvalue weighted by molar-refractivity contribution is -0.131. The smallest absolute Gasteiger partial charge is 0.231 e. The molecule has 0 saturated heterocycles. The lowest BCUT2D eigenvalue weighted by Crippen LogP contribution is -2.32. The van der Waals surface area contributed by atoms with Crippen LogP contribution in [0.2, 0.25) is 0 Å². The number of halogens is 2. The van der Waals surface area contributed by atoms with E-state index in [0.717, 1.165) is 29.9 Å². The van der Waals surface area contributed by atoms with Crippen molar-refractivity contribution >= 4 is 16.9 Å². The number of imidazole rings is 1. The third-order valence-corrected chi connectivity index (χ3v) is 9.02. The van der Waals surface area contributed by atoms with Gasteiger partial charge in [-0.3, -0.25) is 4.79 Å². The zero-order chi connectivity index (χ0) is 33.1. The molecule has 3 unspecified atom stereocenters. The first-order chi connectivity index (χ1) is 21.5. The van der Waals surface area contributed by atoms with Crippen LogP contribution >= 0.6 is 0 Å². The number of amides is 1. The first-order valence-electron chi connectivity index (χ1n) is 15.5. The van der Waals surface area contributed by atoms with Crippen LogP contribution in [0.5, 0.6) is 0 Å². The van der Waals surface area contributed by atoms with Gasteiger partial charge in [0.05, 0.1) is 11.4 Å². The molecular weight excluding hydrogens is 590 g/mol. The molecular formula is C36H46F2N4O2S. The number of carbonyl (C=O) groups is 1. The van der Waals surface area contributed by atoms with Gasteiger partial charge in [0.1, 0.15) is 28.4 Å². The number of aromatic nitrogens is 2. The fourth-order valence-electron chi connectivity index (χ4n) is 5.45. The van der Waals surface area contributed by atoms with Gasteiger partial charge in [0.2, 0.25) is 5.91 Å². The van der Waals surface area contributed by atoms with Crippen LogP contribution in [-0.2, 0) is 29.4 Å². The molecule has 6 nitrogen and oxygen atoms in total. The highest BCUT2D eigenvalue weighted by Crippen LogP contribution is 2.49. The van der Waals surface area contributed by atoms with Gasteiger partial charge in [0, 0.05) is 31.1 Å². The van der Waals surface area contributed by atoms with Crippen molar-refractivity contribution < 1.29 is 17.8 Å². The maximum absolute atomic E-state index is 13.7. The van der Waals surface area contributed by atoms with Crippen molar-refractivity contribution in [2.45, 2.75) is 77.2 Å². The van der Waals surface area contributed by atoms with Crippen LogP contribution in [-0.4, -0.2) is 24.6 Å². The highest BCUT2D eigenvalue weighted by atomic mass is 32.2. The van der Waals surface area contributed by atoms with Gasteiger partial charge in [0.15, 0.2) is 0 Å². The molecule has 0 aliphatic heterocycles. The standard InChI is InChI=1S/C28H34FN3O.C6H6FNOS.C2H6/c1-5-23(14-11-21-8-6-7-15-28(21,2)3)32(19-26-30-16-17-31(26)4)27(33)25-18-24(25)20-9-12-22(29)13-10-20;7-5-1-3-6(4-2-5)10(8)9;1-2/h5,9-14,16-17,24-25H,1,6-8,15,18-19H2,2-4H3;1-4H,8H2;1-2H3/b21-11+,23-14+;;. The molecule has 0 spiro atoms. The molecule has 2 aromatic carbocycles. The number of nitrogens with two attached hydrogens (primary N) is 1. The summed E-state index contributed by atoms with van der Waals surface area (Å²) in [6.45, 7) is 13.0. The molecule has 1 heterocycles. The molecule has 2 fully saturated rings. The summed E-state index contributed by atoms with van der Waals surface area (Å²) in [5.74, 6) is 0.297. The van der Waals surface area contributed by atoms with Crippen LogP contribution in [0.3, 0.4) is 0 Å². The van der Waals surface area contributed by atoms with Gasteiger partial charge in [-0.2, -0.15) is 0 Å². The maximum Gasteiger partial charge on any atom is 0.231 e. The molecule has 3 atom stereocenters. The summed E-state index contributed by atoms with van der Waals surface area (Å²) in [6.07, 6.45) is 15.2. The SMILES string of the molecule is C=C/C(=C\C=C1/CCCCC1(C)C)N(Cc1nccn1C)C(=O)C1CC1c1ccc(F)cc1.CC.NS(=O)c1ccc(F)cc1. The summed E-state index contributed by atoms with van der Waals surface area (Å²) in [4.78, 5) is 20.4. The Labute approximate surface area is 269 Å². The van der Waals surface area contributed by atoms with Gasteiger partial charge in [-0.15, -0.1) is 0 Å². The summed E-state index contributed by atoms with van der Waals surface area (Å²) in [5, 5.41) is 5.01. The fourth-order valence-corrected chi connectivity index (χ4v) is 5.85. The number of benzene rings is 2. The van der Waals surface area contributed by atoms with Gasteiger partial charge in [-0.25, -0.2) is 23.1 Å². The van der Waals surface area contributed by atoms with E-state index in [0.29, 0.717) is 11.4 Å². The highest BCUT2D eigenvalue weighted by Gasteiger charge is 2.46. The molecule has 1 amide bonds. The largest absolute Gasteiger partial charge is 0.337 e. The summed E-state index contributed by atoms with van der Waals surface area (Å²) in [6, 6.07) is 11.7. The fraction of sp³-hybridized carbons (Fsp3) is 0.389. The molecule has 5 rings (SSSR count). The van der Waals surface area contributed by atoms with Crippen LogP contribution < -0.4 is 5.14 Å². The Balaban J connectivity index is 0.000000389. The minimum Gasteiger partial charge on any atom is -0.337 e. The average molecular weight is 637 g/mol. The zero-order valence-corrected chi connectivity index (χ0v) is 27.8. The van der Waals surface area contributed by atoms with E-state index in [1.54, 1.807) is 24.4 Å². The Hall–Kier alpha value is -3.69. The van der Waals surface area contributed by atoms with E-state index in [4.69, 9.17) is 5.14 Å². The van der Waals surface area contributed by atoms with Gasteiger partial charge in [-0.05, 0) is 91.1 Å². The number of hydrogen-bond acceptors (Lipinski definition) is 3. The molecule has 2 aliphatic carbocycles. The number of carbonyl (C=O) groups excluding carboxylic acids is 1. The predicted octanol–water partition coefficient (Wildman–Crippen LogP) is 8.12. The molecule has 2 aliphatic rings. The molecule has 3 aromatic rings. The van der Waals surface area contributed by atoms with Gasteiger partial charge in [0.25, 0.3) is 0 Å². The molecule has 9 heteroatoms. The van der Waals surface area contributed by atoms with E-state index in [-0.39, 0.29) is 34.8 Å². The van der Waals surface area contributed by atoms with Crippen LogP contribution in [0.4, 0.5) is 8.78 Å². The number of allylic oxidation sites excluding steroid dienone is 4. The summed E-state index contributed by atoms with van der Waals surface area (Å²) in [5.41, 5.74) is 3.41. The van der Waals surface area contributed by atoms with Crippen molar-refractivity contribution in [1.29, 1.82) is 0 Å². The summed E-state index contributed by atoms with van der Waals surface area (Å²) >= 11 is 0. The molecule has 2 saturated carbocycles. The van der Waals surface area contributed by atoms with E-state index >= 15 is 0 Å². The van der Waals surface area contributed by atoms with E-state index in [9.17, 15) is 17.8 Å². The normalized spacial score (nSPS) is 20.2. The second kappa shape index (κ2) is 16.6. The Morgan fingerprint density at radius 1 is 1.11 bits per heavy atom. The molecule has 2 N–H and O–H groups in total. The number of rotatable bonds is 8. The Morgan fingerprint density at radius 2 is 1.73 bits per heavy atom. The lowest BCUT2D eigenvalue weighted by atomic mass is 9.73. The quantitative estimate of drug-likeness (QED) is 0.254. The van der Waals surface area contributed by atoms with Crippen LogP contribution in [0.15, 0.2) is 102 Å². The highest BCUT2D eigenvalue weighted by molar-refractivity contribution is 7.82. The Bertz CT molecular complexity index is 1510. The zero-order valence-electron chi connectivity index (χ0n) is 27.0. The first-order valence-corrected chi connectivity index (χ1v) is 16.7. The Morgan fingerprint density at radius 3 is 2.27 bits per heavy atom. The minimum atomic E-state index is -1.50. The molecule has 242 valence electrons. The van der Waals surface area contributed by atoms with E-state index in [2.05, 4.69) is 31.5 Å². The van der Waals surface area contributed by atoms with Crippen molar-refractivity contribution in [3.8, 4) is 0 Å². The monoisotopic (exact) mass is 636 g/mol. The molecule has 0 radical (unpaired) electrons. The van der Waals surface area contributed by atoms with Gasteiger partial charge in [-0.1, -0.05) is 64.5 Å². The third-order valence-electron chi connectivity index (χ3n) is 8.28. The van der Waals surface area contributed by atoms with Crippen LogP contribution in [0.25, 0.3) is 0 Å². The predicted molar refractivity (Wildman–Crippen MR) is 178 cm³/mol. The molecule has 1 aromatic heterocycles. The third kappa shape index (κ3) is 9.90. The lowest BCUT2D eigenvalue weighted by Gasteiger charge is -2.33. The summed E-state index contributed by atoms with van der Waals surface area (Å²) < 4.78 is 38.0.